The molecule has 0 aromatic rings. The lowest BCUT2D eigenvalue weighted by molar-refractivity contribution is -0.141. The molecule has 4 atom stereocenters. The normalized spacial score (nSPS) is 26.7. The lowest BCUT2D eigenvalue weighted by atomic mass is 9.65. The zero-order valence-electron chi connectivity index (χ0n) is 19.4. The number of carbonyl (C=O) groups excluding carboxylic acids is 2. The smallest absolute Gasteiger partial charge is 0.328 e. The van der Waals surface area contributed by atoms with E-state index in [1.54, 1.807) is 0 Å². The fraction of sp³-hybridized carbons (Fsp3) is 0.560. The van der Waals surface area contributed by atoms with Crippen LogP contribution in [0.15, 0.2) is 46.9 Å². The summed E-state index contributed by atoms with van der Waals surface area (Å²) in [5.41, 5.74) is 2.14. The van der Waals surface area contributed by atoms with Gasteiger partial charge in [0.1, 0.15) is 5.76 Å². The Kier molecular flexibility index (Phi) is 8.24. The Morgan fingerprint density at radius 2 is 2.06 bits per heavy atom. The van der Waals surface area contributed by atoms with Crippen LogP contribution in [0.4, 0.5) is 0 Å². The molecule has 7 nitrogen and oxygen atoms in total. The van der Waals surface area contributed by atoms with E-state index in [0.717, 1.165) is 30.9 Å². The first-order chi connectivity index (χ1) is 14.9. The first kappa shape index (κ1) is 25.6. The van der Waals surface area contributed by atoms with Gasteiger partial charge in [-0.25, -0.2) is 4.79 Å². The maximum absolute atomic E-state index is 12.3. The molecular weight excluding hydrogens is 410 g/mol. The quantitative estimate of drug-likeness (QED) is 0.242. The van der Waals surface area contributed by atoms with Gasteiger partial charge in [-0.15, -0.1) is 0 Å². The number of ketones is 2. The van der Waals surface area contributed by atoms with E-state index in [9.17, 15) is 29.7 Å². The summed E-state index contributed by atoms with van der Waals surface area (Å²) in [6, 6.07) is -1.44. The molecule has 2 aliphatic carbocycles. The molecule has 4 N–H and O–H groups in total. The summed E-state index contributed by atoms with van der Waals surface area (Å²) in [4.78, 5) is 35.8. The first-order valence-electron chi connectivity index (χ1n) is 11.1. The van der Waals surface area contributed by atoms with Crippen LogP contribution >= 0.6 is 0 Å². The number of allylic oxidation sites excluding steroid dienone is 5. The largest absolute Gasteiger partial charge is 0.505 e. The highest BCUT2D eigenvalue weighted by Gasteiger charge is 2.34. The summed E-state index contributed by atoms with van der Waals surface area (Å²) in [5, 5.41) is 31.9. The van der Waals surface area contributed by atoms with Gasteiger partial charge in [0.25, 0.3) is 0 Å². The molecule has 1 saturated carbocycles. The Hall–Kier alpha value is -2.67. The molecule has 0 unspecified atom stereocenters. The molecule has 0 radical (unpaired) electrons. The Morgan fingerprint density at radius 1 is 1.41 bits per heavy atom. The lowest BCUT2D eigenvalue weighted by Gasteiger charge is -2.40. The molecule has 7 heteroatoms. The zero-order chi connectivity index (χ0) is 24.2. The molecule has 1 fully saturated rings. The third-order valence-electron chi connectivity index (χ3n) is 6.84. The number of carboxylic acids is 1. The summed E-state index contributed by atoms with van der Waals surface area (Å²) < 4.78 is 0. The Labute approximate surface area is 189 Å². The molecule has 2 aliphatic rings. The standard InChI is InChI=1S/C25H35NO6/c1-14(10-12-25(5)11-6-7-15(2)16(25)3)8-9-18-22(29)19(13-20(28)23(18)30)26-21(17(4)27)24(31)32/h8,13,15,17,21,26-27,29H,3,6-7,9-12H2,1-2,4-5H3,(H,31,32)/b14-8+/t15-,17+,21+,25-/m1/s1. The van der Waals surface area contributed by atoms with Gasteiger partial charge in [0.2, 0.25) is 11.6 Å². The number of nitrogens with one attached hydrogen (secondary N) is 1. The first-order valence-corrected chi connectivity index (χ1v) is 11.1. The van der Waals surface area contributed by atoms with E-state index in [4.69, 9.17) is 0 Å². The minimum atomic E-state index is -1.44. The van der Waals surface area contributed by atoms with Crippen LogP contribution in [-0.2, 0) is 14.4 Å². The van der Waals surface area contributed by atoms with E-state index in [1.165, 1.54) is 25.3 Å². The fourth-order valence-corrected chi connectivity index (χ4v) is 4.40. The van der Waals surface area contributed by atoms with Crippen LogP contribution in [-0.4, -0.2) is 45.0 Å². The molecule has 0 aromatic carbocycles. The van der Waals surface area contributed by atoms with E-state index >= 15 is 0 Å². The van der Waals surface area contributed by atoms with Gasteiger partial charge in [-0.3, -0.25) is 9.59 Å². The number of carboxylic acid groups (broad SMARTS) is 1. The van der Waals surface area contributed by atoms with Crippen molar-refractivity contribution >= 4 is 17.5 Å². The molecule has 2 rings (SSSR count). The van der Waals surface area contributed by atoms with Crippen LogP contribution < -0.4 is 5.32 Å². The SMILES string of the molecule is C=C1[C@H](C)CCC[C@]1(C)CC/C(C)=C/CC1=C(O)C(N[C@H](C(=O)O)[C@H](C)O)=CC(=O)C1=O. The number of rotatable bonds is 9. The predicted octanol–water partition coefficient (Wildman–Crippen LogP) is 3.76. The minimum absolute atomic E-state index is 0.0573. The Bertz CT molecular complexity index is 894. The van der Waals surface area contributed by atoms with Gasteiger partial charge < -0.3 is 20.6 Å². The van der Waals surface area contributed by atoms with E-state index in [0.29, 0.717) is 5.92 Å². The molecule has 32 heavy (non-hydrogen) atoms. The van der Waals surface area contributed by atoms with Crippen LogP contribution in [0, 0.1) is 11.3 Å². The fourth-order valence-electron chi connectivity index (χ4n) is 4.40. The summed E-state index contributed by atoms with van der Waals surface area (Å²) in [6.07, 6.45) is 6.68. The van der Waals surface area contributed by atoms with Crippen molar-refractivity contribution in [3.05, 3.63) is 46.9 Å². The molecule has 0 heterocycles. The van der Waals surface area contributed by atoms with Crippen molar-refractivity contribution in [2.24, 2.45) is 11.3 Å². The van der Waals surface area contributed by atoms with E-state index in [2.05, 4.69) is 25.7 Å². The molecular formula is C25H35NO6. The molecule has 0 aromatic heterocycles. The molecule has 0 saturated heterocycles. The minimum Gasteiger partial charge on any atom is -0.505 e. The second-order valence-corrected chi connectivity index (χ2v) is 9.41. The van der Waals surface area contributed by atoms with Crippen LogP contribution in [0.1, 0.15) is 66.2 Å². The van der Waals surface area contributed by atoms with Crippen LogP contribution in [0.2, 0.25) is 0 Å². The van der Waals surface area contributed by atoms with Crippen molar-refractivity contribution in [1.82, 2.24) is 5.32 Å². The van der Waals surface area contributed by atoms with Crippen LogP contribution in [0.3, 0.4) is 0 Å². The monoisotopic (exact) mass is 445 g/mol. The third kappa shape index (κ3) is 5.76. The van der Waals surface area contributed by atoms with Gasteiger partial charge >= 0.3 is 5.97 Å². The average Bonchev–Trinajstić information content (AvgIpc) is 2.71. The van der Waals surface area contributed by atoms with Gasteiger partial charge in [0.05, 0.1) is 17.4 Å². The number of aliphatic hydroxyl groups is 2. The van der Waals surface area contributed by atoms with Gasteiger partial charge in [-0.2, -0.15) is 0 Å². The Balaban J connectivity index is 2.13. The van der Waals surface area contributed by atoms with Crippen molar-refractivity contribution in [3.8, 4) is 0 Å². The molecule has 0 amide bonds. The molecule has 0 spiro atoms. The molecule has 0 aliphatic heterocycles. The maximum atomic E-state index is 12.3. The van der Waals surface area contributed by atoms with Crippen molar-refractivity contribution in [2.75, 3.05) is 0 Å². The number of hydrogen-bond acceptors (Lipinski definition) is 6. The summed E-state index contributed by atoms with van der Waals surface area (Å²) >= 11 is 0. The number of carbonyl (C=O) groups is 3. The van der Waals surface area contributed by atoms with Crippen molar-refractivity contribution < 1.29 is 29.7 Å². The van der Waals surface area contributed by atoms with E-state index < -0.39 is 35.4 Å². The number of Topliss-reactive ketones (excluding diaryl/α,β-unsaturated/α-hetero) is 1. The van der Waals surface area contributed by atoms with Gasteiger partial charge in [0.15, 0.2) is 6.04 Å². The van der Waals surface area contributed by atoms with Gasteiger partial charge in [0, 0.05) is 6.08 Å². The van der Waals surface area contributed by atoms with E-state index in [-0.39, 0.29) is 23.1 Å². The van der Waals surface area contributed by atoms with Gasteiger partial charge in [-0.05, 0) is 57.3 Å². The zero-order valence-corrected chi connectivity index (χ0v) is 19.4. The summed E-state index contributed by atoms with van der Waals surface area (Å²) in [7, 11) is 0. The maximum Gasteiger partial charge on any atom is 0.328 e. The number of aliphatic hydroxyl groups excluding tert-OH is 2. The van der Waals surface area contributed by atoms with Crippen LogP contribution in [0.5, 0.6) is 0 Å². The van der Waals surface area contributed by atoms with Crippen molar-refractivity contribution in [3.63, 3.8) is 0 Å². The highest BCUT2D eigenvalue weighted by Crippen LogP contribution is 2.46. The molecule has 176 valence electrons. The summed E-state index contributed by atoms with van der Waals surface area (Å²) in [5.74, 6) is -2.96. The van der Waals surface area contributed by atoms with Crippen LogP contribution in [0.25, 0.3) is 0 Å². The lowest BCUT2D eigenvalue weighted by Crippen LogP contribution is -2.45. The number of aliphatic carboxylic acids is 1. The Morgan fingerprint density at radius 3 is 2.66 bits per heavy atom. The second kappa shape index (κ2) is 10.3. The second-order valence-electron chi connectivity index (χ2n) is 9.41. The highest BCUT2D eigenvalue weighted by molar-refractivity contribution is 6.48. The van der Waals surface area contributed by atoms with E-state index in [1.807, 2.05) is 13.0 Å². The van der Waals surface area contributed by atoms with Crippen molar-refractivity contribution in [2.45, 2.75) is 78.4 Å². The predicted molar refractivity (Wildman–Crippen MR) is 122 cm³/mol. The molecule has 0 bridgehead atoms. The topological polar surface area (TPSA) is 124 Å². The number of hydrogen-bond donors (Lipinski definition) is 4. The third-order valence-corrected chi connectivity index (χ3v) is 6.84. The highest BCUT2D eigenvalue weighted by atomic mass is 16.4. The van der Waals surface area contributed by atoms with Gasteiger partial charge in [-0.1, -0.05) is 44.1 Å². The average molecular weight is 446 g/mol. The van der Waals surface area contributed by atoms with Crippen molar-refractivity contribution in [1.29, 1.82) is 0 Å². The summed E-state index contributed by atoms with van der Waals surface area (Å²) in [6.45, 7) is 12.0.